The van der Waals surface area contributed by atoms with E-state index in [-0.39, 0.29) is 23.3 Å². The SMILES string of the molecule is CC(C)Oc1cc(C2(N)NC(N)=CC=C2[N+](=O)[O-])[nH]n1. The van der Waals surface area contributed by atoms with Crippen LogP contribution in [0.15, 0.2) is 29.7 Å². The molecule has 9 nitrogen and oxygen atoms in total. The van der Waals surface area contributed by atoms with Crippen molar-refractivity contribution < 1.29 is 9.66 Å². The summed E-state index contributed by atoms with van der Waals surface area (Å²) < 4.78 is 5.39. The van der Waals surface area contributed by atoms with Gasteiger partial charge in [-0.25, -0.2) is 0 Å². The fraction of sp³-hybridized carbons (Fsp3) is 0.364. The van der Waals surface area contributed by atoms with Crippen LogP contribution in [0.2, 0.25) is 0 Å². The van der Waals surface area contributed by atoms with E-state index in [0.29, 0.717) is 5.88 Å². The number of aromatic amines is 1. The van der Waals surface area contributed by atoms with E-state index < -0.39 is 10.6 Å². The lowest BCUT2D eigenvalue weighted by Crippen LogP contribution is -2.56. The zero-order chi connectivity index (χ0) is 14.9. The summed E-state index contributed by atoms with van der Waals surface area (Å²) in [6, 6.07) is 1.50. The largest absolute Gasteiger partial charge is 0.474 e. The van der Waals surface area contributed by atoms with Crippen LogP contribution in [0.1, 0.15) is 19.5 Å². The summed E-state index contributed by atoms with van der Waals surface area (Å²) in [6.07, 6.45) is 2.57. The molecule has 0 fully saturated rings. The average molecular weight is 280 g/mol. The lowest BCUT2D eigenvalue weighted by atomic mass is 10.00. The number of nitrogens with zero attached hydrogens (tertiary/aromatic N) is 2. The molecule has 20 heavy (non-hydrogen) atoms. The van der Waals surface area contributed by atoms with Crippen molar-refractivity contribution in [2.45, 2.75) is 25.6 Å². The van der Waals surface area contributed by atoms with Crippen LogP contribution in [0, 0.1) is 10.1 Å². The zero-order valence-corrected chi connectivity index (χ0v) is 11.1. The Morgan fingerprint density at radius 3 is 2.80 bits per heavy atom. The molecule has 1 atom stereocenters. The van der Waals surface area contributed by atoms with E-state index in [9.17, 15) is 10.1 Å². The van der Waals surface area contributed by atoms with Gasteiger partial charge in [0.2, 0.25) is 11.5 Å². The molecule has 2 rings (SSSR count). The Kier molecular flexibility index (Phi) is 3.36. The van der Waals surface area contributed by atoms with Gasteiger partial charge >= 0.3 is 0 Å². The topological polar surface area (TPSA) is 145 Å². The number of allylic oxidation sites excluding steroid dienone is 2. The molecule has 1 aromatic heterocycles. The summed E-state index contributed by atoms with van der Waals surface area (Å²) in [5.74, 6) is 0.525. The average Bonchev–Trinajstić information content (AvgIpc) is 2.76. The lowest BCUT2D eigenvalue weighted by Gasteiger charge is -2.29. The Labute approximate surface area is 114 Å². The number of rotatable bonds is 4. The molecule has 1 unspecified atom stereocenters. The predicted octanol–water partition coefficient (Wildman–Crippen LogP) is -0.128. The minimum atomic E-state index is -1.59. The molecule has 0 radical (unpaired) electrons. The molecule has 0 amide bonds. The second-order valence-electron chi connectivity index (χ2n) is 4.65. The summed E-state index contributed by atoms with van der Waals surface area (Å²) >= 11 is 0. The Balaban J connectivity index is 2.38. The number of nitro groups is 1. The van der Waals surface area contributed by atoms with Gasteiger partial charge in [-0.05, 0) is 19.9 Å². The van der Waals surface area contributed by atoms with Gasteiger partial charge in [-0.15, -0.1) is 5.10 Å². The number of ether oxygens (including phenoxy) is 1. The Morgan fingerprint density at radius 1 is 1.50 bits per heavy atom. The monoisotopic (exact) mass is 280 g/mol. The maximum Gasteiger partial charge on any atom is 0.292 e. The highest BCUT2D eigenvalue weighted by molar-refractivity contribution is 5.35. The summed E-state index contributed by atoms with van der Waals surface area (Å²) in [5.41, 5.74) is 10.2. The van der Waals surface area contributed by atoms with Crippen LogP contribution in [0.5, 0.6) is 5.88 Å². The van der Waals surface area contributed by atoms with Crippen LogP contribution in [0.3, 0.4) is 0 Å². The molecular weight excluding hydrogens is 264 g/mol. The number of nitrogens with one attached hydrogen (secondary N) is 2. The molecule has 1 aromatic rings. The Morgan fingerprint density at radius 2 is 2.20 bits per heavy atom. The highest BCUT2D eigenvalue weighted by Gasteiger charge is 2.44. The quantitative estimate of drug-likeness (QED) is 0.444. The molecule has 0 aromatic carbocycles. The second kappa shape index (κ2) is 4.85. The highest BCUT2D eigenvalue weighted by Crippen LogP contribution is 2.28. The van der Waals surface area contributed by atoms with Crippen molar-refractivity contribution in [3.63, 3.8) is 0 Å². The smallest absolute Gasteiger partial charge is 0.292 e. The van der Waals surface area contributed by atoms with Gasteiger partial charge in [-0.1, -0.05) is 0 Å². The van der Waals surface area contributed by atoms with Crippen LogP contribution in [-0.2, 0) is 5.66 Å². The van der Waals surface area contributed by atoms with Gasteiger partial charge in [-0.2, -0.15) is 0 Å². The number of nitrogens with two attached hydrogens (primary N) is 2. The molecule has 0 bridgehead atoms. The Hall–Kier alpha value is -2.55. The van der Waals surface area contributed by atoms with Crippen LogP contribution < -0.4 is 21.5 Å². The van der Waals surface area contributed by atoms with E-state index in [0.717, 1.165) is 0 Å². The third kappa shape index (κ3) is 2.43. The first kappa shape index (κ1) is 13.9. The van der Waals surface area contributed by atoms with Gasteiger partial charge < -0.3 is 15.8 Å². The van der Waals surface area contributed by atoms with E-state index in [1.54, 1.807) is 0 Å². The molecule has 0 aliphatic carbocycles. The van der Waals surface area contributed by atoms with Crippen LogP contribution in [-0.4, -0.2) is 21.2 Å². The fourth-order valence-electron chi connectivity index (χ4n) is 1.85. The standard InChI is InChI=1S/C11H16N6O3/c1-6(2)20-10-5-7(15-16-10)11(13)8(17(18)19)3-4-9(12)14-11/h3-6,14H,12-13H2,1-2H3,(H,15,16). The van der Waals surface area contributed by atoms with Crippen molar-refractivity contribution in [2.75, 3.05) is 0 Å². The lowest BCUT2D eigenvalue weighted by molar-refractivity contribution is -0.437. The summed E-state index contributed by atoms with van der Waals surface area (Å²) in [6.45, 7) is 3.68. The molecule has 1 aliphatic heterocycles. The Bertz CT molecular complexity index is 591. The summed E-state index contributed by atoms with van der Waals surface area (Å²) in [7, 11) is 0. The van der Waals surface area contributed by atoms with Gasteiger partial charge in [0.05, 0.1) is 22.5 Å². The molecule has 6 N–H and O–H groups in total. The summed E-state index contributed by atoms with van der Waals surface area (Å²) in [5, 5.41) is 20.4. The first-order valence-corrected chi connectivity index (χ1v) is 5.95. The molecule has 9 heteroatoms. The zero-order valence-electron chi connectivity index (χ0n) is 11.1. The molecule has 0 spiro atoms. The molecule has 0 saturated heterocycles. The van der Waals surface area contributed by atoms with E-state index in [1.807, 2.05) is 13.8 Å². The fourth-order valence-corrected chi connectivity index (χ4v) is 1.85. The van der Waals surface area contributed by atoms with Crippen LogP contribution in [0.4, 0.5) is 0 Å². The van der Waals surface area contributed by atoms with Gasteiger partial charge in [0.1, 0.15) is 0 Å². The van der Waals surface area contributed by atoms with Gasteiger partial charge in [0, 0.05) is 12.1 Å². The van der Waals surface area contributed by atoms with Crippen molar-refractivity contribution in [3.8, 4) is 5.88 Å². The number of hydrogen-bond acceptors (Lipinski definition) is 7. The van der Waals surface area contributed by atoms with E-state index in [4.69, 9.17) is 16.2 Å². The number of H-pyrrole nitrogens is 1. The first-order chi connectivity index (χ1) is 9.33. The molecule has 2 heterocycles. The normalized spacial score (nSPS) is 22.0. The molecular formula is C11H16N6O3. The molecule has 1 aliphatic rings. The van der Waals surface area contributed by atoms with Gasteiger partial charge in [0.15, 0.2) is 0 Å². The van der Waals surface area contributed by atoms with Crippen LogP contribution >= 0.6 is 0 Å². The van der Waals surface area contributed by atoms with Gasteiger partial charge in [-0.3, -0.25) is 20.9 Å². The van der Waals surface area contributed by atoms with E-state index in [1.165, 1.54) is 18.2 Å². The first-order valence-electron chi connectivity index (χ1n) is 5.95. The minimum Gasteiger partial charge on any atom is -0.474 e. The highest BCUT2D eigenvalue weighted by atomic mass is 16.6. The molecule has 0 saturated carbocycles. The maximum atomic E-state index is 11.1. The van der Waals surface area contributed by atoms with Crippen LogP contribution in [0.25, 0.3) is 0 Å². The third-order valence-corrected chi connectivity index (χ3v) is 2.70. The predicted molar refractivity (Wildman–Crippen MR) is 70.7 cm³/mol. The van der Waals surface area contributed by atoms with Crippen molar-refractivity contribution >= 4 is 0 Å². The number of dihydropyridines is 1. The minimum absolute atomic E-state index is 0.0744. The van der Waals surface area contributed by atoms with E-state index >= 15 is 0 Å². The number of aromatic nitrogens is 2. The number of hydrogen-bond donors (Lipinski definition) is 4. The summed E-state index contributed by atoms with van der Waals surface area (Å²) in [4.78, 5) is 10.5. The third-order valence-electron chi connectivity index (χ3n) is 2.70. The van der Waals surface area contributed by atoms with E-state index in [2.05, 4.69) is 15.5 Å². The molecule has 108 valence electrons. The van der Waals surface area contributed by atoms with Crippen molar-refractivity contribution in [3.05, 3.63) is 45.5 Å². The second-order valence-corrected chi connectivity index (χ2v) is 4.65. The van der Waals surface area contributed by atoms with Crippen molar-refractivity contribution in [1.82, 2.24) is 15.5 Å². The maximum absolute atomic E-state index is 11.1. The van der Waals surface area contributed by atoms with Gasteiger partial charge in [0.25, 0.3) is 5.70 Å². The van der Waals surface area contributed by atoms with Crippen molar-refractivity contribution in [2.24, 2.45) is 11.5 Å². The van der Waals surface area contributed by atoms with Crippen molar-refractivity contribution in [1.29, 1.82) is 0 Å².